The third-order valence-corrected chi connectivity index (χ3v) is 3.51. The lowest BCUT2D eigenvalue weighted by Crippen LogP contribution is -2.18. The normalized spacial score (nSPS) is 12.4. The number of anilines is 2. The first-order valence-electron chi connectivity index (χ1n) is 5.67. The zero-order chi connectivity index (χ0) is 12.3. The van der Waals surface area contributed by atoms with Gasteiger partial charge in [-0.2, -0.15) is 0 Å². The summed E-state index contributed by atoms with van der Waals surface area (Å²) in [6.07, 6.45) is 1.02. The molecule has 0 amide bonds. The molecule has 0 saturated heterocycles. The van der Waals surface area contributed by atoms with Crippen molar-refractivity contribution in [3.63, 3.8) is 0 Å². The minimum atomic E-state index is 0.365. The SMILES string of the molecule is Cc1nc(NC(C)Cc2cccs2)ccc1N. The Kier molecular flexibility index (Phi) is 3.64. The second-order valence-electron chi connectivity index (χ2n) is 4.20. The minimum absolute atomic E-state index is 0.365. The number of nitrogen functional groups attached to an aromatic ring is 1. The predicted molar refractivity (Wildman–Crippen MR) is 74.5 cm³/mol. The van der Waals surface area contributed by atoms with Crippen molar-refractivity contribution in [2.75, 3.05) is 11.1 Å². The van der Waals surface area contributed by atoms with E-state index < -0.39 is 0 Å². The van der Waals surface area contributed by atoms with Crippen molar-refractivity contribution in [1.29, 1.82) is 0 Å². The van der Waals surface area contributed by atoms with Crippen molar-refractivity contribution in [2.24, 2.45) is 0 Å². The van der Waals surface area contributed by atoms with Gasteiger partial charge in [-0.1, -0.05) is 6.07 Å². The number of nitrogens with two attached hydrogens (primary N) is 1. The fourth-order valence-electron chi connectivity index (χ4n) is 1.69. The molecular formula is C13H17N3S. The first-order valence-corrected chi connectivity index (χ1v) is 6.55. The van der Waals surface area contributed by atoms with E-state index >= 15 is 0 Å². The van der Waals surface area contributed by atoms with Gasteiger partial charge in [0.2, 0.25) is 0 Å². The molecule has 1 atom stereocenters. The molecule has 2 rings (SSSR count). The number of hydrogen-bond acceptors (Lipinski definition) is 4. The highest BCUT2D eigenvalue weighted by molar-refractivity contribution is 7.09. The molecule has 2 aromatic rings. The van der Waals surface area contributed by atoms with Crippen molar-refractivity contribution >= 4 is 22.8 Å². The third kappa shape index (κ3) is 3.20. The molecule has 0 saturated carbocycles. The van der Waals surface area contributed by atoms with E-state index in [9.17, 15) is 0 Å². The van der Waals surface area contributed by atoms with Gasteiger partial charge in [0.25, 0.3) is 0 Å². The van der Waals surface area contributed by atoms with Crippen LogP contribution in [-0.2, 0) is 6.42 Å². The molecule has 0 aliphatic carbocycles. The van der Waals surface area contributed by atoms with Crippen molar-refractivity contribution in [3.05, 3.63) is 40.2 Å². The summed E-state index contributed by atoms with van der Waals surface area (Å²) in [5, 5.41) is 5.49. The monoisotopic (exact) mass is 247 g/mol. The average Bonchev–Trinajstić information content (AvgIpc) is 2.76. The molecule has 0 radical (unpaired) electrons. The molecule has 0 aromatic carbocycles. The fraction of sp³-hybridized carbons (Fsp3) is 0.308. The number of aromatic nitrogens is 1. The third-order valence-electron chi connectivity index (χ3n) is 2.61. The Labute approximate surface area is 106 Å². The first-order chi connectivity index (χ1) is 8.15. The van der Waals surface area contributed by atoms with Gasteiger partial charge in [-0.25, -0.2) is 4.98 Å². The Morgan fingerprint density at radius 2 is 2.24 bits per heavy atom. The first kappa shape index (κ1) is 11.9. The second kappa shape index (κ2) is 5.19. The predicted octanol–water partition coefficient (Wildman–Crippen LogP) is 3.08. The van der Waals surface area contributed by atoms with E-state index in [1.165, 1.54) is 4.88 Å². The van der Waals surface area contributed by atoms with Crippen molar-refractivity contribution < 1.29 is 0 Å². The smallest absolute Gasteiger partial charge is 0.126 e. The van der Waals surface area contributed by atoms with Crippen LogP contribution in [0.25, 0.3) is 0 Å². The number of nitrogens with one attached hydrogen (secondary N) is 1. The minimum Gasteiger partial charge on any atom is -0.397 e. The molecule has 0 aliphatic rings. The van der Waals surface area contributed by atoms with Gasteiger partial charge in [0, 0.05) is 17.3 Å². The lowest BCUT2D eigenvalue weighted by atomic mass is 10.2. The molecule has 0 fully saturated rings. The van der Waals surface area contributed by atoms with Crippen LogP contribution in [0.1, 0.15) is 17.5 Å². The van der Waals surface area contributed by atoms with Gasteiger partial charge >= 0.3 is 0 Å². The van der Waals surface area contributed by atoms with E-state index in [1.807, 2.05) is 19.1 Å². The summed E-state index contributed by atoms with van der Waals surface area (Å²) in [5.41, 5.74) is 7.35. The number of thiophene rings is 1. The molecule has 17 heavy (non-hydrogen) atoms. The lowest BCUT2D eigenvalue weighted by molar-refractivity contribution is 0.793. The van der Waals surface area contributed by atoms with E-state index in [4.69, 9.17) is 5.73 Å². The van der Waals surface area contributed by atoms with Crippen LogP contribution in [-0.4, -0.2) is 11.0 Å². The highest BCUT2D eigenvalue weighted by atomic mass is 32.1. The maximum absolute atomic E-state index is 5.74. The molecule has 90 valence electrons. The quantitative estimate of drug-likeness (QED) is 0.873. The largest absolute Gasteiger partial charge is 0.397 e. The summed E-state index contributed by atoms with van der Waals surface area (Å²) < 4.78 is 0. The summed E-state index contributed by atoms with van der Waals surface area (Å²) in [4.78, 5) is 5.80. The maximum Gasteiger partial charge on any atom is 0.126 e. The maximum atomic E-state index is 5.74. The van der Waals surface area contributed by atoms with Crippen molar-refractivity contribution in [1.82, 2.24) is 4.98 Å². The Morgan fingerprint density at radius 1 is 1.41 bits per heavy atom. The molecule has 3 nitrogen and oxygen atoms in total. The number of nitrogens with zero attached hydrogens (tertiary/aromatic N) is 1. The second-order valence-corrected chi connectivity index (χ2v) is 5.23. The zero-order valence-corrected chi connectivity index (χ0v) is 10.9. The van der Waals surface area contributed by atoms with Crippen LogP contribution in [0.5, 0.6) is 0 Å². The van der Waals surface area contributed by atoms with Gasteiger partial charge in [-0.3, -0.25) is 0 Å². The van der Waals surface area contributed by atoms with Gasteiger partial charge in [-0.05, 0) is 37.4 Å². The summed E-state index contributed by atoms with van der Waals surface area (Å²) in [6, 6.07) is 8.42. The highest BCUT2D eigenvalue weighted by Gasteiger charge is 2.06. The molecule has 2 aromatic heterocycles. The Balaban J connectivity index is 1.98. The van der Waals surface area contributed by atoms with Crippen LogP contribution in [0, 0.1) is 6.92 Å². The van der Waals surface area contributed by atoms with E-state index in [2.05, 4.69) is 34.7 Å². The number of hydrogen-bond donors (Lipinski definition) is 2. The molecule has 0 bridgehead atoms. The Morgan fingerprint density at radius 3 is 2.88 bits per heavy atom. The van der Waals surface area contributed by atoms with Gasteiger partial charge < -0.3 is 11.1 Å². The lowest BCUT2D eigenvalue weighted by Gasteiger charge is -2.14. The summed E-state index contributed by atoms with van der Waals surface area (Å²) in [6.45, 7) is 4.08. The fourth-order valence-corrected chi connectivity index (χ4v) is 2.52. The van der Waals surface area contributed by atoms with E-state index in [1.54, 1.807) is 11.3 Å². The van der Waals surface area contributed by atoms with Crippen molar-refractivity contribution in [3.8, 4) is 0 Å². The average molecular weight is 247 g/mol. The number of rotatable bonds is 4. The number of aryl methyl sites for hydroxylation is 1. The number of pyridine rings is 1. The van der Waals surface area contributed by atoms with Crippen molar-refractivity contribution in [2.45, 2.75) is 26.3 Å². The topological polar surface area (TPSA) is 50.9 Å². The molecule has 1 unspecified atom stereocenters. The molecule has 0 spiro atoms. The molecular weight excluding hydrogens is 230 g/mol. The van der Waals surface area contributed by atoms with Crippen LogP contribution in [0.2, 0.25) is 0 Å². The van der Waals surface area contributed by atoms with Gasteiger partial charge in [0.1, 0.15) is 5.82 Å². The zero-order valence-electron chi connectivity index (χ0n) is 10.1. The van der Waals surface area contributed by atoms with Crippen LogP contribution in [0.3, 0.4) is 0 Å². The standard InChI is InChI=1S/C13H17N3S/c1-9(8-11-4-3-7-17-11)15-13-6-5-12(14)10(2)16-13/h3-7,9H,8,14H2,1-2H3,(H,15,16). The Bertz CT molecular complexity index is 479. The van der Waals surface area contributed by atoms with E-state index in [0.29, 0.717) is 6.04 Å². The van der Waals surface area contributed by atoms with E-state index in [-0.39, 0.29) is 0 Å². The van der Waals surface area contributed by atoms with Gasteiger partial charge in [0.15, 0.2) is 0 Å². The van der Waals surface area contributed by atoms with Gasteiger partial charge in [-0.15, -0.1) is 11.3 Å². The van der Waals surface area contributed by atoms with Gasteiger partial charge in [0.05, 0.1) is 11.4 Å². The highest BCUT2D eigenvalue weighted by Crippen LogP contribution is 2.15. The van der Waals surface area contributed by atoms with Crippen LogP contribution in [0.15, 0.2) is 29.6 Å². The summed E-state index contributed by atoms with van der Waals surface area (Å²) >= 11 is 1.79. The van der Waals surface area contributed by atoms with Crippen LogP contribution >= 0.6 is 11.3 Å². The Hall–Kier alpha value is -1.55. The summed E-state index contributed by atoms with van der Waals surface area (Å²) in [5.74, 6) is 0.890. The molecule has 4 heteroatoms. The van der Waals surface area contributed by atoms with Crippen LogP contribution < -0.4 is 11.1 Å². The molecule has 2 heterocycles. The van der Waals surface area contributed by atoms with E-state index in [0.717, 1.165) is 23.6 Å². The van der Waals surface area contributed by atoms with Crippen LogP contribution in [0.4, 0.5) is 11.5 Å². The summed E-state index contributed by atoms with van der Waals surface area (Å²) in [7, 11) is 0. The molecule has 3 N–H and O–H groups in total. The molecule has 0 aliphatic heterocycles.